The molecule has 3 aromatic rings. The first-order valence-corrected chi connectivity index (χ1v) is 9.38. The van der Waals surface area contributed by atoms with Crippen molar-refractivity contribution in [3.63, 3.8) is 0 Å². The minimum Gasteiger partial charge on any atom is -0.396 e. The summed E-state index contributed by atoms with van der Waals surface area (Å²) in [6.45, 7) is 0.797. The van der Waals surface area contributed by atoms with Crippen molar-refractivity contribution >= 4 is 17.3 Å². The Bertz CT molecular complexity index is 899. The zero-order chi connectivity index (χ0) is 18.6. The third kappa shape index (κ3) is 3.43. The van der Waals surface area contributed by atoms with E-state index in [1.54, 1.807) is 12.4 Å². The van der Waals surface area contributed by atoms with Crippen LogP contribution in [0.2, 0.25) is 0 Å². The molecule has 0 bridgehead atoms. The summed E-state index contributed by atoms with van der Waals surface area (Å²) in [6, 6.07) is 15.8. The maximum absolute atomic E-state index is 9.33. The normalized spacial score (nSPS) is 19.3. The van der Waals surface area contributed by atoms with E-state index in [1.165, 1.54) is 0 Å². The van der Waals surface area contributed by atoms with E-state index in [2.05, 4.69) is 30.8 Å². The topological polar surface area (TPSA) is 66.2 Å². The van der Waals surface area contributed by atoms with Gasteiger partial charge in [0.05, 0.1) is 17.8 Å². The molecule has 1 saturated heterocycles. The lowest BCUT2D eigenvalue weighted by Crippen LogP contribution is -2.31. The lowest BCUT2D eigenvalue weighted by atomic mass is 10.0. The standard InChI is InChI=1S/C20H21N5OS/c26-14-6-13-25-19(18(23-20(25)27)15-7-1-3-10-21-15)16-8-5-12-24(16)17-9-2-4-11-22-17/h1-5,7-12,18-19,26H,6,13-14H2,(H,23,27)/t18-,19+/m1/s1. The van der Waals surface area contributed by atoms with Gasteiger partial charge in [0, 0.05) is 37.4 Å². The van der Waals surface area contributed by atoms with Gasteiger partial charge in [-0.25, -0.2) is 4.98 Å². The smallest absolute Gasteiger partial charge is 0.170 e. The second kappa shape index (κ2) is 7.85. The molecule has 0 saturated carbocycles. The van der Waals surface area contributed by atoms with Gasteiger partial charge in [-0.05, 0) is 55.0 Å². The second-order valence-corrected chi connectivity index (χ2v) is 6.77. The molecule has 6 nitrogen and oxygen atoms in total. The quantitative estimate of drug-likeness (QED) is 0.642. The molecule has 27 heavy (non-hydrogen) atoms. The molecule has 2 N–H and O–H groups in total. The fraction of sp³-hybridized carbons (Fsp3) is 0.250. The number of hydrogen-bond donors (Lipinski definition) is 2. The molecular weight excluding hydrogens is 358 g/mol. The Kier molecular flexibility index (Phi) is 5.13. The van der Waals surface area contributed by atoms with Crippen LogP contribution in [0.3, 0.4) is 0 Å². The molecule has 4 rings (SSSR count). The number of nitrogens with one attached hydrogen (secondary N) is 1. The van der Waals surface area contributed by atoms with Crippen molar-refractivity contribution in [3.05, 3.63) is 78.5 Å². The van der Waals surface area contributed by atoms with Crippen LogP contribution in [0.15, 0.2) is 67.1 Å². The average molecular weight is 379 g/mol. The maximum atomic E-state index is 9.33. The van der Waals surface area contributed by atoms with E-state index in [0.717, 1.165) is 17.2 Å². The van der Waals surface area contributed by atoms with Crippen LogP contribution in [0.4, 0.5) is 0 Å². The summed E-state index contributed by atoms with van der Waals surface area (Å²) in [6.07, 6.45) is 6.25. The third-order valence-corrected chi connectivity index (χ3v) is 5.09. The van der Waals surface area contributed by atoms with Crippen LogP contribution in [0.5, 0.6) is 0 Å². The van der Waals surface area contributed by atoms with E-state index in [4.69, 9.17) is 12.2 Å². The number of aliphatic hydroxyl groups is 1. The molecule has 0 amide bonds. The van der Waals surface area contributed by atoms with Crippen molar-refractivity contribution in [2.24, 2.45) is 0 Å². The predicted molar refractivity (Wildman–Crippen MR) is 107 cm³/mol. The summed E-state index contributed by atoms with van der Waals surface area (Å²) in [5.74, 6) is 0.859. The van der Waals surface area contributed by atoms with Crippen molar-refractivity contribution < 1.29 is 5.11 Å². The zero-order valence-corrected chi connectivity index (χ0v) is 15.6. The van der Waals surface area contributed by atoms with Gasteiger partial charge in [-0.2, -0.15) is 0 Å². The van der Waals surface area contributed by atoms with Crippen molar-refractivity contribution in [1.82, 2.24) is 24.8 Å². The Balaban J connectivity index is 1.78. The van der Waals surface area contributed by atoms with E-state index in [-0.39, 0.29) is 18.7 Å². The van der Waals surface area contributed by atoms with E-state index < -0.39 is 0 Å². The van der Waals surface area contributed by atoms with Gasteiger partial charge in [0.25, 0.3) is 0 Å². The van der Waals surface area contributed by atoms with Gasteiger partial charge >= 0.3 is 0 Å². The molecule has 0 aromatic carbocycles. The van der Waals surface area contributed by atoms with Gasteiger partial charge in [-0.3, -0.25) is 4.98 Å². The summed E-state index contributed by atoms with van der Waals surface area (Å²) in [5.41, 5.74) is 2.01. The summed E-state index contributed by atoms with van der Waals surface area (Å²) in [7, 11) is 0. The van der Waals surface area contributed by atoms with Crippen LogP contribution < -0.4 is 5.32 Å². The average Bonchev–Trinajstić information content (AvgIpc) is 3.32. The van der Waals surface area contributed by atoms with Crippen molar-refractivity contribution in [3.8, 4) is 5.82 Å². The Morgan fingerprint density at radius 2 is 1.85 bits per heavy atom. The highest BCUT2D eigenvalue weighted by Crippen LogP contribution is 2.39. The summed E-state index contributed by atoms with van der Waals surface area (Å²) in [5, 5.41) is 13.4. The summed E-state index contributed by atoms with van der Waals surface area (Å²) < 4.78 is 2.09. The SMILES string of the molecule is OCCCN1C(=S)N[C@H](c2ccccn2)[C@@H]1c1cccn1-c1ccccn1. The first kappa shape index (κ1) is 17.6. The molecule has 0 radical (unpaired) electrons. The fourth-order valence-electron chi connectivity index (χ4n) is 3.55. The van der Waals surface area contributed by atoms with Crippen LogP contribution in [-0.2, 0) is 0 Å². The molecule has 1 aliphatic rings. The van der Waals surface area contributed by atoms with Crippen LogP contribution in [0, 0.1) is 0 Å². The molecule has 0 spiro atoms. The van der Waals surface area contributed by atoms with E-state index in [9.17, 15) is 5.11 Å². The Morgan fingerprint density at radius 3 is 2.56 bits per heavy atom. The predicted octanol–water partition coefficient (Wildman–Crippen LogP) is 2.62. The first-order chi connectivity index (χ1) is 13.3. The summed E-state index contributed by atoms with van der Waals surface area (Å²) >= 11 is 5.62. The number of nitrogens with zero attached hydrogens (tertiary/aromatic N) is 4. The summed E-state index contributed by atoms with van der Waals surface area (Å²) in [4.78, 5) is 11.2. The number of aliphatic hydroxyl groups excluding tert-OH is 1. The maximum Gasteiger partial charge on any atom is 0.170 e. The first-order valence-electron chi connectivity index (χ1n) is 8.97. The molecule has 138 valence electrons. The molecule has 3 aromatic heterocycles. The van der Waals surface area contributed by atoms with Crippen molar-refractivity contribution in [1.29, 1.82) is 0 Å². The highest BCUT2D eigenvalue weighted by Gasteiger charge is 2.40. The van der Waals surface area contributed by atoms with E-state index >= 15 is 0 Å². The minimum atomic E-state index is -0.0743. The molecule has 0 unspecified atom stereocenters. The number of aromatic nitrogens is 3. The monoisotopic (exact) mass is 379 g/mol. The number of pyridine rings is 2. The van der Waals surface area contributed by atoms with Gasteiger partial charge in [0.15, 0.2) is 5.11 Å². The molecule has 1 fully saturated rings. The van der Waals surface area contributed by atoms with Crippen LogP contribution in [-0.4, -0.2) is 42.8 Å². The Hall–Kier alpha value is -2.77. The highest BCUT2D eigenvalue weighted by molar-refractivity contribution is 7.80. The van der Waals surface area contributed by atoms with Crippen LogP contribution in [0.1, 0.15) is 29.9 Å². The zero-order valence-electron chi connectivity index (χ0n) is 14.8. The van der Waals surface area contributed by atoms with Gasteiger partial charge in [0.1, 0.15) is 5.82 Å². The van der Waals surface area contributed by atoms with Crippen molar-refractivity contribution in [2.45, 2.75) is 18.5 Å². The molecule has 7 heteroatoms. The van der Waals surface area contributed by atoms with Gasteiger partial charge in [-0.1, -0.05) is 12.1 Å². The molecule has 2 atom stereocenters. The van der Waals surface area contributed by atoms with Crippen molar-refractivity contribution in [2.75, 3.05) is 13.2 Å². The van der Waals surface area contributed by atoms with Gasteiger partial charge < -0.3 is 19.9 Å². The largest absolute Gasteiger partial charge is 0.396 e. The molecule has 0 aliphatic carbocycles. The van der Waals surface area contributed by atoms with Gasteiger partial charge in [0.2, 0.25) is 0 Å². The van der Waals surface area contributed by atoms with Gasteiger partial charge in [-0.15, -0.1) is 0 Å². The molecular formula is C20H21N5OS. The molecule has 1 aliphatic heterocycles. The lowest BCUT2D eigenvalue weighted by Gasteiger charge is -2.28. The lowest BCUT2D eigenvalue weighted by molar-refractivity contribution is 0.244. The minimum absolute atomic E-state index is 0.0454. The molecule has 4 heterocycles. The van der Waals surface area contributed by atoms with Crippen LogP contribution in [0.25, 0.3) is 5.82 Å². The highest BCUT2D eigenvalue weighted by atomic mass is 32.1. The Morgan fingerprint density at radius 1 is 1.04 bits per heavy atom. The number of hydrogen-bond acceptors (Lipinski definition) is 4. The third-order valence-electron chi connectivity index (χ3n) is 4.73. The Labute approximate surface area is 163 Å². The number of rotatable bonds is 6. The second-order valence-electron chi connectivity index (χ2n) is 6.39. The number of thiocarbonyl (C=S) groups is 1. The fourth-order valence-corrected chi connectivity index (χ4v) is 3.88. The van der Waals surface area contributed by atoms with E-state index in [1.807, 2.05) is 48.7 Å². The van der Waals surface area contributed by atoms with Crippen LogP contribution >= 0.6 is 12.2 Å². The van der Waals surface area contributed by atoms with E-state index in [0.29, 0.717) is 18.1 Å².